The Morgan fingerprint density at radius 2 is 2.27 bits per heavy atom. The highest BCUT2D eigenvalue weighted by Crippen LogP contribution is 2.33. The van der Waals surface area contributed by atoms with Gasteiger partial charge in [0, 0.05) is 26.2 Å². The first-order valence-corrected chi connectivity index (χ1v) is 9.90. The highest BCUT2D eigenvalue weighted by Gasteiger charge is 2.38. The molecule has 2 aromatic heterocycles. The van der Waals surface area contributed by atoms with Crippen molar-refractivity contribution in [1.82, 2.24) is 14.9 Å². The molecule has 2 fully saturated rings. The van der Waals surface area contributed by atoms with E-state index in [1.165, 1.54) is 0 Å². The highest BCUT2D eigenvalue weighted by molar-refractivity contribution is 7.16. The number of hydrogen-bond donors (Lipinski definition) is 1. The number of likely N-dealkylation sites (tertiary alicyclic amines) is 1. The maximum Gasteiger partial charge on any atom is 0.227 e. The van der Waals surface area contributed by atoms with Crippen molar-refractivity contribution < 1.29 is 4.79 Å². The van der Waals surface area contributed by atoms with Crippen molar-refractivity contribution >= 4 is 45.7 Å². The quantitative estimate of drug-likeness (QED) is 0.864. The van der Waals surface area contributed by atoms with Crippen LogP contribution in [0.2, 0.25) is 0 Å². The minimum atomic E-state index is 0. The molecular formula is C18H26ClN5OS. The van der Waals surface area contributed by atoms with Crippen LogP contribution in [0.4, 0.5) is 5.82 Å². The number of halogens is 1. The number of piperidine rings is 1. The van der Waals surface area contributed by atoms with E-state index < -0.39 is 0 Å². The summed E-state index contributed by atoms with van der Waals surface area (Å²) < 4.78 is 0. The number of carbonyl (C=O) groups excluding carboxylic acids is 1. The Hall–Kier alpha value is -1.44. The number of rotatable bonds is 3. The molecule has 142 valence electrons. The topological polar surface area (TPSA) is 75.3 Å². The molecule has 2 aliphatic heterocycles. The van der Waals surface area contributed by atoms with Crippen LogP contribution in [-0.2, 0) is 4.79 Å². The molecule has 2 unspecified atom stereocenters. The summed E-state index contributed by atoms with van der Waals surface area (Å²) >= 11 is 1.63. The molecule has 4 rings (SSSR count). The molecule has 2 aliphatic rings. The molecule has 2 atom stereocenters. The molecule has 4 heterocycles. The summed E-state index contributed by atoms with van der Waals surface area (Å²) in [6.45, 7) is 6.15. The molecular weight excluding hydrogens is 370 g/mol. The number of fused-ring (bicyclic) bond motifs is 1. The molecule has 0 radical (unpaired) electrons. The maximum absolute atomic E-state index is 13.0. The van der Waals surface area contributed by atoms with Gasteiger partial charge >= 0.3 is 0 Å². The van der Waals surface area contributed by atoms with E-state index in [1.54, 1.807) is 17.7 Å². The zero-order valence-corrected chi connectivity index (χ0v) is 16.7. The van der Waals surface area contributed by atoms with Crippen molar-refractivity contribution in [2.24, 2.45) is 17.1 Å². The van der Waals surface area contributed by atoms with Crippen LogP contribution in [0.5, 0.6) is 0 Å². The molecule has 0 aliphatic carbocycles. The third-order valence-corrected chi connectivity index (χ3v) is 6.49. The zero-order chi connectivity index (χ0) is 17.4. The number of amides is 1. The average Bonchev–Trinajstić information content (AvgIpc) is 3.28. The predicted octanol–water partition coefficient (Wildman–Crippen LogP) is 2.53. The predicted molar refractivity (Wildman–Crippen MR) is 108 cm³/mol. The number of carbonyl (C=O) groups is 1. The Kier molecular flexibility index (Phi) is 5.69. The van der Waals surface area contributed by atoms with Crippen LogP contribution in [0.1, 0.15) is 26.2 Å². The normalized spacial score (nSPS) is 26.2. The third kappa shape index (κ3) is 3.52. The number of thiophene rings is 1. The Morgan fingerprint density at radius 1 is 1.42 bits per heavy atom. The molecule has 1 amide bonds. The average molecular weight is 396 g/mol. The van der Waals surface area contributed by atoms with Gasteiger partial charge < -0.3 is 15.5 Å². The van der Waals surface area contributed by atoms with E-state index in [2.05, 4.69) is 27.9 Å². The van der Waals surface area contributed by atoms with Crippen LogP contribution >= 0.6 is 23.7 Å². The van der Waals surface area contributed by atoms with E-state index in [0.717, 1.165) is 61.5 Å². The third-order valence-electron chi connectivity index (χ3n) is 5.67. The second-order valence-corrected chi connectivity index (χ2v) is 8.54. The number of anilines is 1. The van der Waals surface area contributed by atoms with Crippen LogP contribution in [0, 0.1) is 11.3 Å². The first kappa shape index (κ1) is 19.3. The molecule has 8 heteroatoms. The van der Waals surface area contributed by atoms with Gasteiger partial charge in [0.15, 0.2) is 0 Å². The molecule has 26 heavy (non-hydrogen) atoms. The van der Waals surface area contributed by atoms with Crippen LogP contribution in [0.15, 0.2) is 17.8 Å². The van der Waals surface area contributed by atoms with Crippen LogP contribution < -0.4 is 10.6 Å². The summed E-state index contributed by atoms with van der Waals surface area (Å²) in [5.41, 5.74) is 5.97. The number of hydrogen-bond acceptors (Lipinski definition) is 6. The molecule has 6 nitrogen and oxygen atoms in total. The van der Waals surface area contributed by atoms with Crippen LogP contribution in [-0.4, -0.2) is 53.5 Å². The Balaban J connectivity index is 0.00000196. The largest absolute Gasteiger partial charge is 0.355 e. The minimum Gasteiger partial charge on any atom is -0.355 e. The van der Waals surface area contributed by atoms with E-state index in [9.17, 15) is 4.79 Å². The van der Waals surface area contributed by atoms with Gasteiger partial charge in [-0.2, -0.15) is 0 Å². The van der Waals surface area contributed by atoms with Crippen molar-refractivity contribution in [3.63, 3.8) is 0 Å². The molecule has 0 spiro atoms. The summed E-state index contributed by atoms with van der Waals surface area (Å²) in [6, 6.07) is 2.08. The van der Waals surface area contributed by atoms with Crippen molar-refractivity contribution in [3.05, 3.63) is 17.8 Å². The van der Waals surface area contributed by atoms with Crippen molar-refractivity contribution in [2.45, 2.75) is 26.2 Å². The second-order valence-electron chi connectivity index (χ2n) is 7.65. The van der Waals surface area contributed by atoms with Gasteiger partial charge in [-0.3, -0.25) is 4.79 Å². The molecule has 2 saturated heterocycles. The fourth-order valence-electron chi connectivity index (χ4n) is 4.04. The van der Waals surface area contributed by atoms with Gasteiger partial charge in [0.1, 0.15) is 17.0 Å². The first-order valence-electron chi connectivity index (χ1n) is 9.02. The smallest absolute Gasteiger partial charge is 0.227 e. The van der Waals surface area contributed by atoms with Crippen LogP contribution in [0.3, 0.4) is 0 Å². The summed E-state index contributed by atoms with van der Waals surface area (Å²) in [4.78, 5) is 27.2. The molecule has 0 bridgehead atoms. The SMILES string of the molecule is CC1(CN)CCN(C(=O)C2CCCN(c3ncnc4sccc34)C2)C1.Cl. The van der Waals surface area contributed by atoms with Crippen molar-refractivity contribution in [2.75, 3.05) is 37.6 Å². The summed E-state index contributed by atoms with van der Waals surface area (Å²) in [5.74, 6) is 1.31. The minimum absolute atomic E-state index is 0. The fraction of sp³-hybridized carbons (Fsp3) is 0.611. The van der Waals surface area contributed by atoms with Gasteiger partial charge in [0.25, 0.3) is 0 Å². The van der Waals surface area contributed by atoms with Gasteiger partial charge in [0.2, 0.25) is 5.91 Å². The maximum atomic E-state index is 13.0. The monoisotopic (exact) mass is 395 g/mol. The van der Waals surface area contributed by atoms with Gasteiger partial charge in [0.05, 0.1) is 11.3 Å². The van der Waals surface area contributed by atoms with Gasteiger partial charge in [-0.25, -0.2) is 9.97 Å². The standard InChI is InChI=1S/C18H25N5OS.ClH/c1-18(10-19)5-7-23(11-18)17(24)13-3-2-6-22(9-13)15-14-4-8-25-16(14)21-12-20-15;/h4,8,12-13H,2-3,5-7,9-11,19H2,1H3;1H. The number of nitrogens with zero attached hydrogens (tertiary/aromatic N) is 4. The highest BCUT2D eigenvalue weighted by atomic mass is 35.5. The number of nitrogens with two attached hydrogens (primary N) is 1. The number of aromatic nitrogens is 2. The zero-order valence-electron chi connectivity index (χ0n) is 15.1. The van der Waals surface area contributed by atoms with Crippen molar-refractivity contribution in [3.8, 4) is 0 Å². The molecule has 0 saturated carbocycles. The molecule has 2 N–H and O–H groups in total. The van der Waals surface area contributed by atoms with Crippen LogP contribution in [0.25, 0.3) is 10.2 Å². The van der Waals surface area contributed by atoms with Gasteiger partial charge in [-0.1, -0.05) is 6.92 Å². The summed E-state index contributed by atoms with van der Waals surface area (Å²) in [5, 5.41) is 3.14. The van der Waals surface area contributed by atoms with Gasteiger partial charge in [-0.05, 0) is 42.7 Å². The molecule has 0 aromatic carbocycles. The lowest BCUT2D eigenvalue weighted by Crippen LogP contribution is -2.45. The Labute approximate surface area is 164 Å². The van der Waals surface area contributed by atoms with E-state index in [4.69, 9.17) is 5.73 Å². The lowest BCUT2D eigenvalue weighted by molar-refractivity contribution is -0.135. The van der Waals surface area contributed by atoms with Gasteiger partial charge in [-0.15, -0.1) is 23.7 Å². The lowest BCUT2D eigenvalue weighted by Gasteiger charge is -2.35. The lowest BCUT2D eigenvalue weighted by atomic mass is 9.90. The van der Waals surface area contributed by atoms with E-state index >= 15 is 0 Å². The van der Waals surface area contributed by atoms with E-state index in [1.807, 2.05) is 10.3 Å². The fourth-order valence-corrected chi connectivity index (χ4v) is 4.76. The van der Waals surface area contributed by atoms with E-state index in [-0.39, 0.29) is 29.6 Å². The summed E-state index contributed by atoms with van der Waals surface area (Å²) in [7, 11) is 0. The first-order chi connectivity index (χ1) is 12.1. The van der Waals surface area contributed by atoms with E-state index in [0.29, 0.717) is 6.54 Å². The summed E-state index contributed by atoms with van der Waals surface area (Å²) in [6.07, 6.45) is 4.62. The second kappa shape index (κ2) is 7.66. The Bertz CT molecular complexity index is 784. The molecule has 2 aromatic rings. The Morgan fingerprint density at radius 3 is 3.04 bits per heavy atom. The van der Waals surface area contributed by atoms with Crippen molar-refractivity contribution in [1.29, 1.82) is 0 Å².